The van der Waals surface area contributed by atoms with Gasteiger partial charge in [0, 0.05) is 10.9 Å². The van der Waals surface area contributed by atoms with Crippen LogP contribution in [0, 0.1) is 0 Å². The van der Waals surface area contributed by atoms with Crippen molar-refractivity contribution in [3.05, 3.63) is 29.8 Å². The molecule has 3 heteroatoms. The monoisotopic (exact) mass is 224 g/mol. The summed E-state index contributed by atoms with van der Waals surface area (Å²) in [4.78, 5) is 1.32. The van der Waals surface area contributed by atoms with Gasteiger partial charge in [-0.1, -0.05) is 12.1 Å². The molecule has 0 bridgehead atoms. The zero-order chi connectivity index (χ0) is 11.1. The lowest BCUT2D eigenvalue weighted by Gasteiger charge is -2.16. The highest BCUT2D eigenvalue weighted by atomic mass is 32.2. The zero-order valence-electron chi connectivity index (χ0n) is 9.71. The van der Waals surface area contributed by atoms with Crippen LogP contribution >= 0.6 is 11.8 Å². The van der Waals surface area contributed by atoms with Crippen molar-refractivity contribution in [2.75, 3.05) is 26.9 Å². The third-order valence-electron chi connectivity index (χ3n) is 2.55. The third-order valence-corrected chi connectivity index (χ3v) is 3.29. The molecule has 0 amide bonds. The van der Waals surface area contributed by atoms with Crippen LogP contribution in [0.1, 0.15) is 18.0 Å². The summed E-state index contributed by atoms with van der Waals surface area (Å²) in [5.74, 6) is 0. The molecule has 1 rings (SSSR count). The van der Waals surface area contributed by atoms with Crippen LogP contribution in [0.3, 0.4) is 0 Å². The fraction of sp³-hybridized carbons (Fsp3) is 0.500. The van der Waals surface area contributed by atoms with E-state index >= 15 is 0 Å². The van der Waals surface area contributed by atoms with Crippen LogP contribution in [-0.4, -0.2) is 26.9 Å². The first-order chi connectivity index (χ1) is 7.31. The van der Waals surface area contributed by atoms with E-state index in [0.717, 1.165) is 13.0 Å². The molecule has 0 saturated heterocycles. The maximum Gasteiger partial charge on any atom is 0.0329 e. The van der Waals surface area contributed by atoms with Crippen LogP contribution in [0.4, 0.5) is 0 Å². The second-order valence-electron chi connectivity index (χ2n) is 3.51. The Kier molecular flexibility index (Phi) is 5.76. The maximum absolute atomic E-state index is 3.34. The number of rotatable bonds is 6. The molecule has 15 heavy (non-hydrogen) atoms. The number of hydrogen-bond acceptors (Lipinski definition) is 3. The van der Waals surface area contributed by atoms with E-state index in [1.807, 2.05) is 14.1 Å². The Balaban J connectivity index is 2.65. The van der Waals surface area contributed by atoms with Crippen LogP contribution in [0.5, 0.6) is 0 Å². The minimum absolute atomic E-state index is 0.452. The van der Waals surface area contributed by atoms with Gasteiger partial charge in [0.2, 0.25) is 0 Å². The smallest absolute Gasteiger partial charge is 0.0329 e. The van der Waals surface area contributed by atoms with Crippen molar-refractivity contribution in [3.8, 4) is 0 Å². The molecule has 0 saturated carbocycles. The lowest BCUT2D eigenvalue weighted by atomic mass is 10.0. The van der Waals surface area contributed by atoms with Gasteiger partial charge in [-0.2, -0.15) is 0 Å². The summed E-state index contributed by atoms with van der Waals surface area (Å²) in [6.07, 6.45) is 3.22. The molecule has 0 heterocycles. The molecule has 84 valence electrons. The molecule has 0 fully saturated rings. The Bertz CT molecular complexity index is 271. The average molecular weight is 224 g/mol. The molecule has 0 aliphatic carbocycles. The molecule has 1 unspecified atom stereocenters. The number of benzene rings is 1. The summed E-state index contributed by atoms with van der Waals surface area (Å²) in [6.45, 7) is 1.04. The van der Waals surface area contributed by atoms with E-state index in [2.05, 4.69) is 41.2 Å². The summed E-state index contributed by atoms with van der Waals surface area (Å²) in [7, 11) is 4.01. The van der Waals surface area contributed by atoms with E-state index in [9.17, 15) is 0 Å². The van der Waals surface area contributed by atoms with Gasteiger partial charge in [-0.3, -0.25) is 0 Å². The second-order valence-corrected chi connectivity index (χ2v) is 4.39. The summed E-state index contributed by atoms with van der Waals surface area (Å²) in [5.41, 5.74) is 1.37. The Morgan fingerprint density at radius 1 is 1.20 bits per heavy atom. The van der Waals surface area contributed by atoms with Crippen molar-refractivity contribution >= 4 is 11.8 Å². The number of nitrogens with one attached hydrogen (secondary N) is 2. The summed E-state index contributed by atoms with van der Waals surface area (Å²) >= 11 is 1.78. The van der Waals surface area contributed by atoms with E-state index in [4.69, 9.17) is 0 Å². The van der Waals surface area contributed by atoms with Crippen LogP contribution in [-0.2, 0) is 0 Å². The van der Waals surface area contributed by atoms with Gasteiger partial charge < -0.3 is 10.6 Å². The minimum atomic E-state index is 0.452. The molecule has 2 nitrogen and oxygen atoms in total. The number of thioether (sulfide) groups is 1. The molecular weight excluding hydrogens is 204 g/mol. The molecule has 1 atom stereocenters. The Labute approximate surface area is 96.8 Å². The van der Waals surface area contributed by atoms with E-state index in [0.29, 0.717) is 6.04 Å². The van der Waals surface area contributed by atoms with Crippen molar-refractivity contribution in [2.45, 2.75) is 17.4 Å². The summed E-state index contributed by atoms with van der Waals surface area (Å²) in [5, 5.41) is 6.52. The third kappa shape index (κ3) is 3.86. The lowest BCUT2D eigenvalue weighted by Crippen LogP contribution is -2.21. The van der Waals surface area contributed by atoms with Gasteiger partial charge in [-0.15, -0.1) is 11.8 Å². The van der Waals surface area contributed by atoms with Gasteiger partial charge in [0.25, 0.3) is 0 Å². The Hall–Kier alpha value is -0.510. The standard InChI is InChI=1S/C12H20N2S/c1-13-9-8-12(14-2)10-4-6-11(15-3)7-5-10/h4-7,12-14H,8-9H2,1-3H3. The quantitative estimate of drug-likeness (QED) is 0.725. The topological polar surface area (TPSA) is 24.1 Å². The molecule has 0 spiro atoms. The largest absolute Gasteiger partial charge is 0.320 e. The van der Waals surface area contributed by atoms with Gasteiger partial charge in [-0.25, -0.2) is 0 Å². The number of hydrogen-bond donors (Lipinski definition) is 2. The first-order valence-corrected chi connectivity index (χ1v) is 6.50. The predicted octanol–water partition coefficient (Wildman–Crippen LogP) is 2.28. The van der Waals surface area contributed by atoms with Crippen molar-refractivity contribution in [1.29, 1.82) is 0 Å². The van der Waals surface area contributed by atoms with Crippen LogP contribution in [0.25, 0.3) is 0 Å². The molecule has 1 aromatic rings. The molecule has 0 radical (unpaired) electrons. The SMILES string of the molecule is CNCCC(NC)c1ccc(SC)cc1. The van der Waals surface area contributed by atoms with Gasteiger partial charge in [0.15, 0.2) is 0 Å². The van der Waals surface area contributed by atoms with E-state index in [-0.39, 0.29) is 0 Å². The van der Waals surface area contributed by atoms with Crippen LogP contribution in [0.2, 0.25) is 0 Å². The highest BCUT2D eigenvalue weighted by molar-refractivity contribution is 7.98. The zero-order valence-corrected chi connectivity index (χ0v) is 10.5. The van der Waals surface area contributed by atoms with Crippen molar-refractivity contribution in [2.24, 2.45) is 0 Å². The first-order valence-electron chi connectivity index (χ1n) is 5.27. The van der Waals surface area contributed by atoms with Gasteiger partial charge >= 0.3 is 0 Å². The maximum atomic E-state index is 3.34. The Morgan fingerprint density at radius 3 is 2.33 bits per heavy atom. The van der Waals surface area contributed by atoms with Gasteiger partial charge in [0.05, 0.1) is 0 Å². The predicted molar refractivity (Wildman–Crippen MR) is 68.6 cm³/mol. The summed E-state index contributed by atoms with van der Waals surface area (Å²) < 4.78 is 0. The van der Waals surface area contributed by atoms with Crippen molar-refractivity contribution in [3.63, 3.8) is 0 Å². The van der Waals surface area contributed by atoms with Crippen LogP contribution < -0.4 is 10.6 Å². The second kappa shape index (κ2) is 6.88. The molecule has 0 aliphatic heterocycles. The van der Waals surface area contributed by atoms with Crippen molar-refractivity contribution in [1.82, 2.24) is 10.6 Å². The molecular formula is C12H20N2S. The van der Waals surface area contributed by atoms with Crippen LogP contribution in [0.15, 0.2) is 29.2 Å². The molecule has 0 aromatic heterocycles. The van der Waals surface area contributed by atoms with E-state index in [1.54, 1.807) is 11.8 Å². The normalized spacial score (nSPS) is 12.7. The molecule has 2 N–H and O–H groups in total. The average Bonchev–Trinajstić information content (AvgIpc) is 2.31. The fourth-order valence-corrected chi connectivity index (χ4v) is 2.01. The molecule has 0 aliphatic rings. The van der Waals surface area contributed by atoms with Gasteiger partial charge in [0.1, 0.15) is 0 Å². The van der Waals surface area contributed by atoms with Crippen molar-refractivity contribution < 1.29 is 0 Å². The minimum Gasteiger partial charge on any atom is -0.320 e. The van der Waals surface area contributed by atoms with E-state index in [1.165, 1.54) is 10.5 Å². The van der Waals surface area contributed by atoms with E-state index < -0.39 is 0 Å². The Morgan fingerprint density at radius 2 is 1.87 bits per heavy atom. The highest BCUT2D eigenvalue weighted by Crippen LogP contribution is 2.20. The fourth-order valence-electron chi connectivity index (χ4n) is 1.60. The highest BCUT2D eigenvalue weighted by Gasteiger charge is 2.07. The summed E-state index contributed by atoms with van der Waals surface area (Å²) in [6, 6.07) is 9.24. The molecule has 1 aromatic carbocycles. The van der Waals surface area contributed by atoms with Gasteiger partial charge in [-0.05, 0) is 51.0 Å². The first kappa shape index (κ1) is 12.6. The lowest BCUT2D eigenvalue weighted by molar-refractivity contribution is 0.533.